The lowest BCUT2D eigenvalue weighted by atomic mass is 10.0. The van der Waals surface area contributed by atoms with E-state index in [1.165, 1.54) is 4.68 Å². The SMILES string of the molecule is CC(C)C(C(=O)N[C@@H](Cc1ccc(OCCO)cc1)C(=O)O)n1cc(COc2ccc3nc(S(N)(=O)=O)sc3c2)nn1. The number of nitrogens with one attached hydrogen (secondary N) is 1. The molecular weight excluding hydrogens is 588 g/mol. The zero-order valence-electron chi connectivity index (χ0n) is 22.7. The number of carboxylic acids is 1. The van der Waals surface area contributed by atoms with Crippen molar-refractivity contribution >= 4 is 43.5 Å². The molecule has 0 aliphatic heterocycles. The Kier molecular flexibility index (Phi) is 9.72. The number of nitrogens with two attached hydrogens (primary N) is 1. The highest BCUT2D eigenvalue weighted by atomic mass is 32.2. The lowest BCUT2D eigenvalue weighted by Crippen LogP contribution is -2.46. The number of sulfonamides is 1. The number of primary sulfonamides is 1. The Morgan fingerprint density at radius 3 is 2.48 bits per heavy atom. The Morgan fingerprint density at radius 2 is 1.83 bits per heavy atom. The van der Waals surface area contributed by atoms with Crippen LogP contribution in [0.3, 0.4) is 0 Å². The first-order chi connectivity index (χ1) is 19.9. The number of carbonyl (C=O) groups excluding carboxylic acids is 1. The minimum atomic E-state index is -3.92. The molecule has 4 aromatic rings. The van der Waals surface area contributed by atoms with Crippen molar-refractivity contribution < 1.29 is 37.7 Å². The number of hydrogen-bond donors (Lipinski definition) is 4. The minimum Gasteiger partial charge on any atom is -0.491 e. The zero-order chi connectivity index (χ0) is 30.4. The molecule has 0 aliphatic carbocycles. The number of hydrogen-bond acceptors (Lipinski definition) is 11. The summed E-state index contributed by atoms with van der Waals surface area (Å²) < 4.78 is 36.0. The number of amides is 1. The standard InChI is InChI=1S/C26H30N6O8S2/c1-15(2)23(24(34)28-21(25(35)36)11-16-3-5-18(6-4-16)39-10-9-33)32-13-17(30-31-32)14-40-19-7-8-20-22(12-19)41-26(29-20)42(27,37)38/h3-8,12-13,15,21,23,33H,9-11,14H2,1-2H3,(H,28,34)(H,35,36)(H2,27,37,38)/t21-,23?/m0/s1. The van der Waals surface area contributed by atoms with Gasteiger partial charge in [-0.15, -0.1) is 16.4 Å². The van der Waals surface area contributed by atoms with Crippen LogP contribution in [0.25, 0.3) is 10.2 Å². The summed E-state index contributed by atoms with van der Waals surface area (Å²) in [6, 6.07) is 9.58. The van der Waals surface area contributed by atoms with E-state index in [9.17, 15) is 23.1 Å². The van der Waals surface area contributed by atoms with Crippen LogP contribution in [-0.2, 0) is 32.6 Å². The fourth-order valence-electron chi connectivity index (χ4n) is 4.07. The molecule has 1 amide bonds. The smallest absolute Gasteiger partial charge is 0.326 e. The quantitative estimate of drug-likeness (QED) is 0.159. The highest BCUT2D eigenvalue weighted by molar-refractivity contribution is 7.91. The molecule has 0 saturated heterocycles. The first-order valence-corrected chi connectivity index (χ1v) is 15.1. The molecule has 0 bridgehead atoms. The Labute approximate surface area is 245 Å². The first kappa shape index (κ1) is 30.8. The number of aliphatic carboxylic acids is 1. The van der Waals surface area contributed by atoms with Crippen LogP contribution in [0, 0.1) is 5.92 Å². The van der Waals surface area contributed by atoms with Gasteiger partial charge in [0.15, 0.2) is 0 Å². The third-order valence-electron chi connectivity index (χ3n) is 6.05. The monoisotopic (exact) mass is 618 g/mol. The van der Waals surface area contributed by atoms with Crippen molar-refractivity contribution in [1.29, 1.82) is 0 Å². The Bertz CT molecular complexity index is 1650. The molecule has 1 unspecified atom stereocenters. The fraction of sp³-hybridized carbons (Fsp3) is 0.346. The van der Waals surface area contributed by atoms with Crippen LogP contribution in [0.15, 0.2) is 53.0 Å². The van der Waals surface area contributed by atoms with Gasteiger partial charge in [-0.05, 0) is 41.8 Å². The fourth-order valence-corrected chi connectivity index (χ4v) is 5.76. The van der Waals surface area contributed by atoms with Gasteiger partial charge in [0.2, 0.25) is 10.2 Å². The van der Waals surface area contributed by atoms with Crippen molar-refractivity contribution in [2.45, 2.75) is 43.3 Å². The summed E-state index contributed by atoms with van der Waals surface area (Å²) >= 11 is 0.929. The van der Waals surface area contributed by atoms with Crippen LogP contribution in [0.2, 0.25) is 0 Å². The van der Waals surface area contributed by atoms with Crippen molar-refractivity contribution in [3.05, 3.63) is 59.9 Å². The number of carbonyl (C=O) groups is 2. The van der Waals surface area contributed by atoms with Crippen molar-refractivity contribution in [2.24, 2.45) is 11.1 Å². The number of thiazole rings is 1. The number of nitrogens with zero attached hydrogens (tertiary/aromatic N) is 4. The molecule has 0 radical (unpaired) electrons. The van der Waals surface area contributed by atoms with Gasteiger partial charge in [-0.1, -0.05) is 31.2 Å². The zero-order valence-corrected chi connectivity index (χ0v) is 24.3. The summed E-state index contributed by atoms with van der Waals surface area (Å²) in [7, 11) is -3.92. The second-order valence-electron chi connectivity index (χ2n) is 9.64. The Morgan fingerprint density at radius 1 is 1.12 bits per heavy atom. The van der Waals surface area contributed by atoms with Gasteiger partial charge < -0.3 is 25.0 Å². The lowest BCUT2D eigenvalue weighted by molar-refractivity contribution is -0.142. The highest BCUT2D eigenvalue weighted by Gasteiger charge is 2.30. The van der Waals surface area contributed by atoms with Crippen LogP contribution in [-0.4, -0.2) is 69.7 Å². The highest BCUT2D eigenvalue weighted by Crippen LogP contribution is 2.28. The summed E-state index contributed by atoms with van der Waals surface area (Å²) in [4.78, 5) is 29.2. The van der Waals surface area contributed by atoms with Crippen LogP contribution < -0.4 is 19.9 Å². The summed E-state index contributed by atoms with van der Waals surface area (Å²) in [6.45, 7) is 3.65. The molecule has 2 aromatic heterocycles. The van der Waals surface area contributed by atoms with E-state index in [0.29, 0.717) is 33.0 Å². The second kappa shape index (κ2) is 13.2. The van der Waals surface area contributed by atoms with Gasteiger partial charge in [0.25, 0.3) is 10.0 Å². The van der Waals surface area contributed by atoms with E-state index < -0.39 is 34.0 Å². The van der Waals surface area contributed by atoms with E-state index in [4.69, 9.17) is 19.7 Å². The van der Waals surface area contributed by atoms with Crippen molar-refractivity contribution in [2.75, 3.05) is 13.2 Å². The lowest BCUT2D eigenvalue weighted by Gasteiger charge is -2.23. The normalized spacial score (nSPS) is 13.2. The second-order valence-corrected chi connectivity index (χ2v) is 12.4. The molecule has 0 saturated carbocycles. The Hall–Kier alpha value is -4.12. The van der Waals surface area contributed by atoms with E-state index in [-0.39, 0.29) is 36.5 Å². The molecule has 2 atom stereocenters. The number of aliphatic hydroxyl groups is 1. The van der Waals surface area contributed by atoms with Gasteiger partial charge in [0, 0.05) is 6.42 Å². The molecule has 0 aliphatic rings. The molecule has 16 heteroatoms. The molecular formula is C26H30N6O8S2. The molecule has 2 heterocycles. The maximum atomic E-state index is 13.3. The van der Waals surface area contributed by atoms with Crippen molar-refractivity contribution in [1.82, 2.24) is 25.3 Å². The molecule has 4 rings (SSSR count). The topological polar surface area (TPSA) is 209 Å². The summed E-state index contributed by atoms with van der Waals surface area (Å²) in [6.07, 6.45) is 1.60. The van der Waals surface area contributed by atoms with Crippen LogP contribution in [0.5, 0.6) is 11.5 Å². The molecule has 5 N–H and O–H groups in total. The van der Waals surface area contributed by atoms with E-state index in [2.05, 4.69) is 20.6 Å². The van der Waals surface area contributed by atoms with E-state index in [1.807, 2.05) is 13.8 Å². The number of rotatable bonds is 14. The predicted octanol–water partition coefficient (Wildman–Crippen LogP) is 1.49. The molecule has 0 fully saturated rings. The number of aliphatic hydroxyl groups excluding tert-OH is 1. The van der Waals surface area contributed by atoms with Gasteiger partial charge in [-0.3, -0.25) is 4.79 Å². The number of aromatic nitrogens is 4. The van der Waals surface area contributed by atoms with Crippen LogP contribution in [0.1, 0.15) is 31.1 Å². The van der Waals surface area contributed by atoms with Crippen molar-refractivity contribution in [3.8, 4) is 11.5 Å². The van der Waals surface area contributed by atoms with E-state index in [1.54, 1.807) is 48.7 Å². The minimum absolute atomic E-state index is 0.00849. The Balaban J connectivity index is 1.41. The number of ether oxygens (including phenoxy) is 2. The maximum absolute atomic E-state index is 13.3. The average molecular weight is 619 g/mol. The van der Waals surface area contributed by atoms with Gasteiger partial charge in [0.1, 0.15) is 42.5 Å². The predicted molar refractivity (Wildman–Crippen MR) is 152 cm³/mol. The summed E-state index contributed by atoms with van der Waals surface area (Å²) in [5.74, 6) is -0.987. The van der Waals surface area contributed by atoms with Crippen molar-refractivity contribution in [3.63, 3.8) is 0 Å². The van der Waals surface area contributed by atoms with Gasteiger partial charge in [-0.25, -0.2) is 28.0 Å². The van der Waals surface area contributed by atoms with E-state index >= 15 is 0 Å². The molecule has 2 aromatic carbocycles. The number of carboxylic acid groups (broad SMARTS) is 1. The average Bonchev–Trinajstić information content (AvgIpc) is 3.58. The third kappa shape index (κ3) is 7.79. The number of benzene rings is 2. The number of fused-ring (bicyclic) bond motifs is 1. The van der Waals surface area contributed by atoms with E-state index in [0.717, 1.165) is 11.3 Å². The third-order valence-corrected chi connectivity index (χ3v) is 8.39. The van der Waals surface area contributed by atoms with Crippen LogP contribution >= 0.6 is 11.3 Å². The summed E-state index contributed by atoms with van der Waals surface area (Å²) in [5, 5.41) is 34.6. The van der Waals surface area contributed by atoms with Gasteiger partial charge in [0.05, 0.1) is 23.0 Å². The van der Waals surface area contributed by atoms with Crippen LogP contribution in [0.4, 0.5) is 0 Å². The molecule has 42 heavy (non-hydrogen) atoms. The molecule has 14 nitrogen and oxygen atoms in total. The molecule has 224 valence electrons. The maximum Gasteiger partial charge on any atom is 0.326 e. The van der Waals surface area contributed by atoms with Gasteiger partial charge in [-0.2, -0.15) is 0 Å². The van der Waals surface area contributed by atoms with Gasteiger partial charge >= 0.3 is 5.97 Å². The first-order valence-electron chi connectivity index (χ1n) is 12.8. The largest absolute Gasteiger partial charge is 0.491 e. The molecule has 0 spiro atoms. The summed E-state index contributed by atoms with van der Waals surface area (Å²) in [5.41, 5.74) is 1.57.